The number of nitrogens with one attached hydrogen (secondary N) is 1. The van der Waals surface area contributed by atoms with Crippen molar-refractivity contribution < 1.29 is 9.47 Å². The average Bonchev–Trinajstić information content (AvgIpc) is 2.58. The highest BCUT2D eigenvalue weighted by atomic mass is 16.5. The number of nitrogens with zero attached hydrogens (tertiary/aromatic N) is 1. The second kappa shape index (κ2) is 8.93. The molecule has 2 rings (SSSR count). The van der Waals surface area contributed by atoms with Gasteiger partial charge in [-0.25, -0.2) is 0 Å². The first-order valence-corrected chi connectivity index (χ1v) is 7.87. The van der Waals surface area contributed by atoms with Crippen molar-refractivity contribution in [1.82, 2.24) is 4.98 Å². The van der Waals surface area contributed by atoms with Crippen LogP contribution in [0.3, 0.4) is 0 Å². The van der Waals surface area contributed by atoms with Crippen LogP contribution in [-0.4, -0.2) is 18.2 Å². The molecule has 118 valence electrons. The number of anilines is 1. The molecule has 22 heavy (non-hydrogen) atoms. The van der Waals surface area contributed by atoms with Crippen LogP contribution in [0.25, 0.3) is 0 Å². The van der Waals surface area contributed by atoms with Crippen molar-refractivity contribution in [2.75, 3.05) is 18.5 Å². The fourth-order valence-electron chi connectivity index (χ4n) is 1.97. The number of benzene rings is 1. The minimum Gasteiger partial charge on any atom is -0.490 e. The van der Waals surface area contributed by atoms with Crippen LogP contribution in [0, 0.1) is 0 Å². The summed E-state index contributed by atoms with van der Waals surface area (Å²) in [5.74, 6) is 1.60. The Kier molecular flexibility index (Phi) is 6.55. The molecule has 0 aliphatic heterocycles. The highest BCUT2D eigenvalue weighted by Crippen LogP contribution is 2.31. The maximum atomic E-state index is 5.80. The Bertz CT molecular complexity index is 558. The summed E-state index contributed by atoms with van der Waals surface area (Å²) in [6.07, 6.45) is 3.75. The molecule has 2 aromatic rings. The van der Waals surface area contributed by atoms with Crippen LogP contribution in [0.15, 0.2) is 42.6 Å². The Hall–Kier alpha value is -2.23. The van der Waals surface area contributed by atoms with Gasteiger partial charge < -0.3 is 14.8 Å². The van der Waals surface area contributed by atoms with Crippen LogP contribution in [0.1, 0.15) is 32.4 Å². The molecule has 0 radical (unpaired) electrons. The zero-order valence-electron chi connectivity index (χ0n) is 13.3. The summed E-state index contributed by atoms with van der Waals surface area (Å²) in [6, 6.07) is 11.9. The lowest BCUT2D eigenvalue weighted by atomic mass is 10.2. The third-order valence-corrected chi connectivity index (χ3v) is 3.07. The average molecular weight is 300 g/mol. The topological polar surface area (TPSA) is 43.4 Å². The van der Waals surface area contributed by atoms with Gasteiger partial charge in [0.15, 0.2) is 11.5 Å². The van der Waals surface area contributed by atoms with E-state index in [1.54, 1.807) is 6.20 Å². The van der Waals surface area contributed by atoms with Crippen molar-refractivity contribution in [3.63, 3.8) is 0 Å². The lowest BCUT2D eigenvalue weighted by Gasteiger charge is -2.14. The summed E-state index contributed by atoms with van der Waals surface area (Å²) in [6.45, 7) is 6.25. The van der Waals surface area contributed by atoms with Crippen molar-refractivity contribution >= 4 is 5.69 Å². The third-order valence-electron chi connectivity index (χ3n) is 3.07. The van der Waals surface area contributed by atoms with Gasteiger partial charge in [0, 0.05) is 18.0 Å². The molecule has 0 aliphatic carbocycles. The Morgan fingerprint density at radius 3 is 2.41 bits per heavy atom. The molecule has 1 N–H and O–H groups in total. The Morgan fingerprint density at radius 2 is 1.73 bits per heavy atom. The van der Waals surface area contributed by atoms with Crippen LogP contribution in [0.2, 0.25) is 0 Å². The summed E-state index contributed by atoms with van der Waals surface area (Å²) >= 11 is 0. The van der Waals surface area contributed by atoms with Gasteiger partial charge in [-0.05, 0) is 37.1 Å². The summed E-state index contributed by atoms with van der Waals surface area (Å²) in [5.41, 5.74) is 2.01. The van der Waals surface area contributed by atoms with Gasteiger partial charge in [-0.1, -0.05) is 19.9 Å². The predicted octanol–water partition coefficient (Wildman–Crippen LogP) is 4.27. The molecule has 0 saturated carbocycles. The van der Waals surface area contributed by atoms with E-state index in [-0.39, 0.29) is 0 Å². The van der Waals surface area contributed by atoms with E-state index < -0.39 is 0 Å². The van der Waals surface area contributed by atoms with Crippen LogP contribution in [-0.2, 0) is 6.54 Å². The van der Waals surface area contributed by atoms with Gasteiger partial charge in [-0.2, -0.15) is 0 Å². The molecule has 0 aliphatic rings. The molecule has 0 bridgehead atoms. The number of hydrogen-bond acceptors (Lipinski definition) is 4. The molecule has 0 spiro atoms. The van der Waals surface area contributed by atoms with Crippen molar-refractivity contribution in [3.05, 3.63) is 48.3 Å². The van der Waals surface area contributed by atoms with Crippen LogP contribution < -0.4 is 14.8 Å². The lowest BCUT2D eigenvalue weighted by Crippen LogP contribution is -2.04. The highest BCUT2D eigenvalue weighted by molar-refractivity contribution is 5.54. The van der Waals surface area contributed by atoms with E-state index >= 15 is 0 Å². The Morgan fingerprint density at radius 1 is 0.955 bits per heavy atom. The first kappa shape index (κ1) is 16.1. The van der Waals surface area contributed by atoms with E-state index in [9.17, 15) is 0 Å². The largest absolute Gasteiger partial charge is 0.490 e. The molecule has 0 amide bonds. The smallest absolute Gasteiger partial charge is 0.163 e. The van der Waals surface area contributed by atoms with Crippen molar-refractivity contribution in [2.24, 2.45) is 0 Å². The summed E-state index contributed by atoms with van der Waals surface area (Å²) in [4.78, 5) is 4.31. The van der Waals surface area contributed by atoms with Gasteiger partial charge in [0.2, 0.25) is 0 Å². The zero-order valence-corrected chi connectivity index (χ0v) is 13.3. The molecule has 0 unspecified atom stereocenters. The molecular weight excluding hydrogens is 276 g/mol. The monoisotopic (exact) mass is 300 g/mol. The molecule has 0 fully saturated rings. The number of hydrogen-bond donors (Lipinski definition) is 1. The summed E-state index contributed by atoms with van der Waals surface area (Å²) < 4.78 is 11.5. The highest BCUT2D eigenvalue weighted by Gasteiger charge is 2.07. The van der Waals surface area contributed by atoms with E-state index in [0.717, 1.165) is 35.7 Å². The maximum absolute atomic E-state index is 5.80. The number of ether oxygens (including phenoxy) is 2. The molecule has 1 aromatic carbocycles. The minimum atomic E-state index is 0.684. The van der Waals surface area contributed by atoms with Crippen LogP contribution in [0.5, 0.6) is 11.5 Å². The SMILES string of the molecule is CCCOc1ccc(NCc2ccccn2)cc1OCCC. The molecule has 4 nitrogen and oxygen atoms in total. The second-order valence-corrected chi connectivity index (χ2v) is 5.03. The van der Waals surface area contributed by atoms with Crippen LogP contribution >= 0.6 is 0 Å². The quantitative estimate of drug-likeness (QED) is 0.751. The van der Waals surface area contributed by atoms with E-state index in [1.165, 1.54) is 0 Å². The van der Waals surface area contributed by atoms with Gasteiger partial charge in [-0.3, -0.25) is 4.98 Å². The molecule has 4 heteroatoms. The number of aromatic nitrogens is 1. The third kappa shape index (κ3) is 4.95. The van der Waals surface area contributed by atoms with Crippen LogP contribution in [0.4, 0.5) is 5.69 Å². The van der Waals surface area contributed by atoms with Gasteiger partial charge in [0.25, 0.3) is 0 Å². The summed E-state index contributed by atoms with van der Waals surface area (Å²) in [7, 11) is 0. The lowest BCUT2D eigenvalue weighted by molar-refractivity contribution is 0.268. The first-order valence-electron chi connectivity index (χ1n) is 7.87. The fraction of sp³-hybridized carbons (Fsp3) is 0.389. The van der Waals surface area contributed by atoms with E-state index in [1.807, 2.05) is 36.4 Å². The van der Waals surface area contributed by atoms with Gasteiger partial charge >= 0.3 is 0 Å². The molecule has 0 atom stereocenters. The zero-order chi connectivity index (χ0) is 15.6. The van der Waals surface area contributed by atoms with E-state index in [0.29, 0.717) is 19.8 Å². The summed E-state index contributed by atoms with van der Waals surface area (Å²) in [5, 5.41) is 3.36. The van der Waals surface area contributed by atoms with Crippen molar-refractivity contribution in [3.8, 4) is 11.5 Å². The van der Waals surface area contributed by atoms with Gasteiger partial charge in [0.05, 0.1) is 25.5 Å². The Labute approximate surface area is 132 Å². The molecule has 1 aromatic heterocycles. The maximum Gasteiger partial charge on any atom is 0.163 e. The Balaban J connectivity index is 2.04. The molecule has 1 heterocycles. The second-order valence-electron chi connectivity index (χ2n) is 5.03. The van der Waals surface area contributed by atoms with Gasteiger partial charge in [-0.15, -0.1) is 0 Å². The molecule has 0 saturated heterocycles. The molecular formula is C18H24N2O2. The van der Waals surface area contributed by atoms with Crippen molar-refractivity contribution in [2.45, 2.75) is 33.2 Å². The van der Waals surface area contributed by atoms with Crippen molar-refractivity contribution in [1.29, 1.82) is 0 Å². The number of pyridine rings is 1. The predicted molar refractivity (Wildman–Crippen MR) is 89.6 cm³/mol. The fourth-order valence-corrected chi connectivity index (χ4v) is 1.97. The van der Waals surface area contributed by atoms with E-state index in [4.69, 9.17) is 9.47 Å². The minimum absolute atomic E-state index is 0.684. The standard InChI is InChI=1S/C18H24N2O2/c1-3-11-21-17-9-8-15(13-18(17)22-12-4-2)20-14-16-7-5-6-10-19-16/h5-10,13,20H,3-4,11-12,14H2,1-2H3. The first-order chi connectivity index (χ1) is 10.8. The number of rotatable bonds is 9. The normalized spacial score (nSPS) is 10.3. The van der Waals surface area contributed by atoms with E-state index in [2.05, 4.69) is 24.1 Å². The van der Waals surface area contributed by atoms with Gasteiger partial charge in [0.1, 0.15) is 0 Å².